The van der Waals surface area contributed by atoms with E-state index in [-0.39, 0.29) is 11.9 Å². The minimum absolute atomic E-state index is 0.0235. The van der Waals surface area contributed by atoms with Gasteiger partial charge in [0.05, 0.1) is 14.2 Å². The molecule has 1 amide bonds. The molecule has 0 radical (unpaired) electrons. The Labute approximate surface area is 148 Å². The van der Waals surface area contributed by atoms with Gasteiger partial charge in [0.25, 0.3) is 5.91 Å². The first-order chi connectivity index (χ1) is 11.5. The molecule has 2 rings (SSSR count). The van der Waals surface area contributed by atoms with Crippen molar-refractivity contribution in [3.63, 3.8) is 0 Å². The molecule has 4 nitrogen and oxygen atoms in total. The molecule has 2 atom stereocenters. The second kappa shape index (κ2) is 8.71. The molecule has 1 unspecified atom stereocenters. The van der Waals surface area contributed by atoms with Crippen LogP contribution in [-0.4, -0.2) is 26.1 Å². The van der Waals surface area contributed by atoms with Gasteiger partial charge in [-0.15, -0.1) is 0 Å². The van der Waals surface area contributed by atoms with Crippen LogP contribution in [-0.2, 0) is 17.9 Å². The van der Waals surface area contributed by atoms with Crippen molar-refractivity contribution in [3.05, 3.63) is 64.7 Å². The third-order valence-electron chi connectivity index (χ3n) is 4.19. The molecule has 0 aromatic heterocycles. The summed E-state index contributed by atoms with van der Waals surface area (Å²) in [4.78, 5) is 13.5. The Balaban J connectivity index is 1.87. The van der Waals surface area contributed by atoms with E-state index in [1.807, 2.05) is 62.5 Å². The van der Waals surface area contributed by atoms with E-state index in [2.05, 4.69) is 5.32 Å². The van der Waals surface area contributed by atoms with Crippen LogP contribution < -0.4 is 15.0 Å². The Morgan fingerprint density at radius 2 is 1.88 bits per heavy atom. The number of rotatable bonds is 7. The van der Waals surface area contributed by atoms with Crippen LogP contribution in [0, 0.1) is 0 Å². The second-order valence-electron chi connectivity index (χ2n) is 5.90. The van der Waals surface area contributed by atoms with Crippen molar-refractivity contribution in [3.8, 4) is 5.75 Å². The average Bonchev–Trinajstić information content (AvgIpc) is 2.61. The summed E-state index contributed by atoms with van der Waals surface area (Å²) < 4.78 is 5.13. The van der Waals surface area contributed by atoms with Crippen molar-refractivity contribution < 1.29 is 14.4 Å². The number of likely N-dealkylation sites (N-methyl/N-ethyl adjacent to an activating group) is 1. The smallest absolute Gasteiger partial charge is 0.278 e. The van der Waals surface area contributed by atoms with Gasteiger partial charge in [0.2, 0.25) is 0 Å². The van der Waals surface area contributed by atoms with Crippen LogP contribution in [0.2, 0.25) is 5.02 Å². The Morgan fingerprint density at radius 1 is 1.21 bits per heavy atom. The minimum Gasteiger partial charge on any atom is -0.497 e. The van der Waals surface area contributed by atoms with Crippen LogP contribution in [0.4, 0.5) is 0 Å². The van der Waals surface area contributed by atoms with Gasteiger partial charge in [0, 0.05) is 17.1 Å². The SMILES string of the molecule is COc1ccc(CNC(=O)[C@H](C)[NH+](C)Cc2ccccc2Cl)cc1. The number of benzene rings is 2. The van der Waals surface area contributed by atoms with Crippen LogP contribution in [0.5, 0.6) is 5.75 Å². The maximum atomic E-state index is 12.4. The Hall–Kier alpha value is -2.04. The van der Waals surface area contributed by atoms with Crippen molar-refractivity contribution in [2.75, 3.05) is 14.2 Å². The lowest BCUT2D eigenvalue weighted by molar-refractivity contribution is -0.908. The van der Waals surface area contributed by atoms with Gasteiger partial charge in [-0.25, -0.2) is 0 Å². The van der Waals surface area contributed by atoms with Crippen molar-refractivity contribution in [2.45, 2.75) is 26.1 Å². The van der Waals surface area contributed by atoms with Gasteiger partial charge in [-0.05, 0) is 30.7 Å². The Morgan fingerprint density at radius 3 is 2.50 bits per heavy atom. The standard InChI is InChI=1S/C19H23ClN2O2/c1-14(22(2)13-16-6-4-5-7-18(16)20)19(23)21-12-15-8-10-17(24-3)11-9-15/h4-11,14H,12-13H2,1-3H3,(H,21,23)/p+1/t14-/m0/s1. The molecule has 2 aromatic rings. The fourth-order valence-electron chi connectivity index (χ4n) is 2.40. The van der Waals surface area contributed by atoms with Gasteiger partial charge in [0.1, 0.15) is 12.3 Å². The lowest BCUT2D eigenvalue weighted by atomic mass is 10.1. The van der Waals surface area contributed by atoms with E-state index in [0.717, 1.165) is 26.8 Å². The van der Waals surface area contributed by atoms with E-state index >= 15 is 0 Å². The maximum Gasteiger partial charge on any atom is 0.278 e. The average molecular weight is 348 g/mol. The van der Waals surface area contributed by atoms with E-state index in [9.17, 15) is 4.79 Å². The second-order valence-corrected chi connectivity index (χ2v) is 6.31. The van der Waals surface area contributed by atoms with Crippen LogP contribution in [0.3, 0.4) is 0 Å². The molecular weight excluding hydrogens is 324 g/mol. The fraction of sp³-hybridized carbons (Fsp3) is 0.316. The predicted octanol–water partition coefficient (Wildman–Crippen LogP) is 2.07. The molecule has 0 heterocycles. The van der Waals surface area contributed by atoms with Crippen molar-refractivity contribution in [1.29, 1.82) is 0 Å². The summed E-state index contributed by atoms with van der Waals surface area (Å²) in [5, 5.41) is 3.72. The van der Waals surface area contributed by atoms with E-state index in [4.69, 9.17) is 16.3 Å². The highest BCUT2D eigenvalue weighted by Gasteiger charge is 2.22. The lowest BCUT2D eigenvalue weighted by Crippen LogP contribution is -3.12. The number of quaternary nitrogens is 1. The summed E-state index contributed by atoms with van der Waals surface area (Å²) in [7, 11) is 3.64. The first-order valence-corrected chi connectivity index (χ1v) is 8.35. The lowest BCUT2D eigenvalue weighted by Gasteiger charge is -2.21. The number of methoxy groups -OCH3 is 1. The number of amides is 1. The van der Waals surface area contributed by atoms with Crippen LogP contribution in [0.25, 0.3) is 0 Å². The molecule has 0 spiro atoms. The number of hydrogen-bond acceptors (Lipinski definition) is 2. The molecule has 0 fully saturated rings. The fourth-order valence-corrected chi connectivity index (χ4v) is 2.61. The molecule has 0 saturated carbocycles. The number of carbonyl (C=O) groups excluding carboxylic acids is 1. The van der Waals surface area contributed by atoms with Crippen LogP contribution >= 0.6 is 11.6 Å². The summed E-state index contributed by atoms with van der Waals surface area (Å²) in [5.41, 5.74) is 2.09. The molecule has 0 bridgehead atoms. The summed E-state index contributed by atoms with van der Waals surface area (Å²) in [6, 6.07) is 15.2. The first kappa shape index (κ1) is 18.3. The molecule has 24 heavy (non-hydrogen) atoms. The van der Waals surface area contributed by atoms with Crippen LogP contribution in [0.15, 0.2) is 48.5 Å². The molecule has 5 heteroatoms. The highest BCUT2D eigenvalue weighted by Crippen LogP contribution is 2.13. The molecule has 2 N–H and O–H groups in total. The third kappa shape index (κ3) is 4.98. The zero-order valence-electron chi connectivity index (χ0n) is 14.3. The van der Waals surface area contributed by atoms with Gasteiger partial charge in [-0.1, -0.05) is 41.9 Å². The quantitative estimate of drug-likeness (QED) is 0.805. The molecule has 128 valence electrons. The maximum absolute atomic E-state index is 12.4. The van der Waals surface area contributed by atoms with Gasteiger partial charge in [0.15, 0.2) is 6.04 Å². The summed E-state index contributed by atoms with van der Waals surface area (Å²) in [5.74, 6) is 0.831. The van der Waals surface area contributed by atoms with Crippen LogP contribution in [0.1, 0.15) is 18.1 Å². The first-order valence-electron chi connectivity index (χ1n) is 7.97. The Bertz CT molecular complexity index is 673. The van der Waals surface area contributed by atoms with Gasteiger partial charge < -0.3 is 15.0 Å². The number of carbonyl (C=O) groups is 1. The zero-order valence-corrected chi connectivity index (χ0v) is 15.1. The van der Waals surface area contributed by atoms with E-state index in [1.165, 1.54) is 0 Å². The van der Waals surface area contributed by atoms with E-state index in [0.29, 0.717) is 13.1 Å². The number of nitrogens with one attached hydrogen (secondary N) is 2. The topological polar surface area (TPSA) is 42.8 Å². The normalized spacial score (nSPS) is 13.2. The van der Waals surface area contributed by atoms with E-state index in [1.54, 1.807) is 7.11 Å². The zero-order chi connectivity index (χ0) is 17.5. The highest BCUT2D eigenvalue weighted by molar-refractivity contribution is 6.31. The highest BCUT2D eigenvalue weighted by atomic mass is 35.5. The predicted molar refractivity (Wildman–Crippen MR) is 96.3 cm³/mol. The number of hydrogen-bond donors (Lipinski definition) is 2. The summed E-state index contributed by atoms with van der Waals surface area (Å²) >= 11 is 6.19. The van der Waals surface area contributed by atoms with Crippen molar-refractivity contribution in [2.24, 2.45) is 0 Å². The third-order valence-corrected chi connectivity index (χ3v) is 4.55. The largest absolute Gasteiger partial charge is 0.497 e. The molecular formula is C19H24ClN2O2+. The molecule has 0 saturated heterocycles. The monoisotopic (exact) mass is 347 g/mol. The minimum atomic E-state index is -0.167. The number of halogens is 1. The van der Waals surface area contributed by atoms with Crippen molar-refractivity contribution >= 4 is 17.5 Å². The molecule has 0 aliphatic heterocycles. The van der Waals surface area contributed by atoms with Gasteiger partial charge in [-0.2, -0.15) is 0 Å². The molecule has 2 aromatic carbocycles. The Kier molecular flexibility index (Phi) is 6.64. The summed E-state index contributed by atoms with van der Waals surface area (Å²) in [6.07, 6.45) is 0. The molecule has 0 aliphatic rings. The van der Waals surface area contributed by atoms with Gasteiger partial charge in [-0.3, -0.25) is 4.79 Å². The van der Waals surface area contributed by atoms with E-state index < -0.39 is 0 Å². The van der Waals surface area contributed by atoms with Crippen molar-refractivity contribution in [1.82, 2.24) is 5.32 Å². The molecule has 0 aliphatic carbocycles. The summed E-state index contributed by atoms with van der Waals surface area (Å²) in [6.45, 7) is 3.14. The number of ether oxygens (including phenoxy) is 1. The van der Waals surface area contributed by atoms with Gasteiger partial charge >= 0.3 is 0 Å².